The van der Waals surface area contributed by atoms with Crippen molar-refractivity contribution < 1.29 is 14.8 Å². The molecule has 0 saturated heterocycles. The molecule has 0 heterocycles. The van der Waals surface area contributed by atoms with Crippen molar-refractivity contribution in [1.82, 2.24) is 5.32 Å². The third-order valence-electron chi connectivity index (χ3n) is 4.80. The lowest BCUT2D eigenvalue weighted by Crippen LogP contribution is -2.38. The van der Waals surface area contributed by atoms with E-state index in [4.69, 9.17) is 4.74 Å². The van der Waals surface area contributed by atoms with E-state index in [1.165, 1.54) is 6.07 Å². The molecule has 6 nitrogen and oxygen atoms in total. The highest BCUT2D eigenvalue weighted by molar-refractivity contribution is 9.10. The lowest BCUT2D eigenvalue weighted by atomic mass is 9.93. The van der Waals surface area contributed by atoms with Gasteiger partial charge in [0.2, 0.25) is 0 Å². The minimum absolute atomic E-state index is 0.0191. The Balaban J connectivity index is 2.14. The Hall–Kier alpha value is -1.96. The van der Waals surface area contributed by atoms with Crippen LogP contribution in [0.1, 0.15) is 31.0 Å². The normalized spacial score (nSPS) is 14.4. The molecule has 27 heavy (non-hydrogen) atoms. The van der Waals surface area contributed by atoms with Gasteiger partial charge in [0.15, 0.2) is 0 Å². The van der Waals surface area contributed by atoms with Crippen LogP contribution in [0.2, 0.25) is 0 Å². The molecule has 0 amide bonds. The molecule has 146 valence electrons. The maximum Gasteiger partial charge on any atom is 0.272 e. The van der Waals surface area contributed by atoms with Gasteiger partial charge in [-0.2, -0.15) is 0 Å². The number of aliphatic hydroxyl groups excluding tert-OH is 1. The molecule has 0 aliphatic heterocycles. The number of nitro benzene ring substituents is 1. The fourth-order valence-electron chi connectivity index (χ4n) is 3.09. The van der Waals surface area contributed by atoms with E-state index >= 15 is 0 Å². The summed E-state index contributed by atoms with van der Waals surface area (Å²) >= 11 is 3.46. The average Bonchev–Trinajstić information content (AvgIpc) is 2.66. The number of aliphatic hydroxyl groups is 1. The number of hydrogen-bond acceptors (Lipinski definition) is 5. The molecule has 0 aliphatic carbocycles. The summed E-state index contributed by atoms with van der Waals surface area (Å²) < 4.78 is 6.32. The number of para-hydroxylation sites is 1. The van der Waals surface area contributed by atoms with Crippen molar-refractivity contribution in [1.29, 1.82) is 0 Å². The summed E-state index contributed by atoms with van der Waals surface area (Å²) in [5.41, 5.74) is 1.72. The van der Waals surface area contributed by atoms with Gasteiger partial charge in [-0.15, -0.1) is 0 Å². The van der Waals surface area contributed by atoms with Crippen LogP contribution in [-0.2, 0) is 6.42 Å². The smallest absolute Gasteiger partial charge is 0.272 e. The zero-order valence-corrected chi connectivity index (χ0v) is 17.3. The monoisotopic (exact) mass is 436 g/mol. The first-order chi connectivity index (χ1) is 12.9. The van der Waals surface area contributed by atoms with E-state index in [9.17, 15) is 15.2 Å². The minimum atomic E-state index is -0.344. The Kier molecular flexibility index (Phi) is 7.77. The number of nitrogens with one attached hydrogen (secondary N) is 1. The summed E-state index contributed by atoms with van der Waals surface area (Å²) in [7, 11) is 1.60. The molecule has 0 radical (unpaired) electrons. The second kappa shape index (κ2) is 9.82. The van der Waals surface area contributed by atoms with E-state index in [1.54, 1.807) is 19.2 Å². The summed E-state index contributed by atoms with van der Waals surface area (Å²) in [6.07, 6.45) is 0.569. The predicted octanol–water partition coefficient (Wildman–Crippen LogP) is 4.26. The van der Waals surface area contributed by atoms with Crippen LogP contribution in [0.4, 0.5) is 5.69 Å². The topological polar surface area (TPSA) is 84.6 Å². The Bertz CT molecular complexity index is 784. The highest BCUT2D eigenvalue weighted by Crippen LogP contribution is 2.30. The van der Waals surface area contributed by atoms with Crippen molar-refractivity contribution in [3.63, 3.8) is 0 Å². The zero-order valence-electron chi connectivity index (χ0n) is 15.7. The van der Waals surface area contributed by atoms with E-state index in [0.717, 1.165) is 10.0 Å². The summed E-state index contributed by atoms with van der Waals surface area (Å²) in [6.45, 7) is 3.98. The van der Waals surface area contributed by atoms with Crippen LogP contribution in [0.5, 0.6) is 5.75 Å². The molecule has 0 aliphatic rings. The zero-order chi connectivity index (χ0) is 20.0. The molecule has 0 fully saturated rings. The molecule has 0 bridgehead atoms. The van der Waals surface area contributed by atoms with E-state index in [0.29, 0.717) is 17.7 Å². The summed E-state index contributed by atoms with van der Waals surface area (Å²) in [5, 5.41) is 24.6. The largest absolute Gasteiger partial charge is 0.496 e. The molecule has 2 rings (SSSR count). The van der Waals surface area contributed by atoms with Gasteiger partial charge >= 0.3 is 0 Å². The Morgan fingerprint density at radius 1 is 1.26 bits per heavy atom. The Labute approximate surface area is 167 Å². The van der Waals surface area contributed by atoms with Crippen LogP contribution in [0.15, 0.2) is 46.9 Å². The predicted molar refractivity (Wildman–Crippen MR) is 109 cm³/mol. The van der Waals surface area contributed by atoms with Gasteiger partial charge in [0.1, 0.15) is 5.75 Å². The van der Waals surface area contributed by atoms with Crippen molar-refractivity contribution in [2.24, 2.45) is 5.92 Å². The SMILES string of the molecule is COc1ccc(Br)cc1[C@H](CO)N[C@@H](C)[C@H](C)Cc1ccccc1[N+](=O)[O-]. The molecule has 0 aromatic heterocycles. The molecule has 0 spiro atoms. The van der Waals surface area contributed by atoms with Crippen molar-refractivity contribution >= 4 is 21.6 Å². The number of methoxy groups -OCH3 is 1. The maximum atomic E-state index is 11.2. The number of rotatable bonds is 9. The maximum absolute atomic E-state index is 11.2. The first-order valence-corrected chi connectivity index (χ1v) is 9.59. The molecular formula is C20H25BrN2O4. The molecule has 2 aromatic carbocycles. The van der Waals surface area contributed by atoms with E-state index in [2.05, 4.69) is 21.2 Å². The number of benzene rings is 2. The number of halogens is 1. The molecule has 0 unspecified atom stereocenters. The van der Waals surface area contributed by atoms with Crippen molar-refractivity contribution in [2.45, 2.75) is 32.4 Å². The summed E-state index contributed by atoms with van der Waals surface area (Å²) in [4.78, 5) is 10.9. The highest BCUT2D eigenvalue weighted by Gasteiger charge is 2.23. The molecule has 2 aromatic rings. The van der Waals surface area contributed by atoms with Crippen LogP contribution < -0.4 is 10.1 Å². The molecule has 3 atom stereocenters. The summed E-state index contributed by atoms with van der Waals surface area (Å²) in [6, 6.07) is 12.2. The van der Waals surface area contributed by atoms with E-state index < -0.39 is 0 Å². The fourth-order valence-corrected chi connectivity index (χ4v) is 3.46. The quantitative estimate of drug-likeness (QED) is 0.453. The first kappa shape index (κ1) is 21.3. The minimum Gasteiger partial charge on any atom is -0.496 e. The second-order valence-electron chi connectivity index (χ2n) is 6.64. The molecule has 2 N–H and O–H groups in total. The lowest BCUT2D eigenvalue weighted by Gasteiger charge is -2.27. The van der Waals surface area contributed by atoms with Crippen molar-refractivity contribution in [2.75, 3.05) is 13.7 Å². The van der Waals surface area contributed by atoms with E-state index in [-0.39, 0.29) is 35.2 Å². The average molecular weight is 437 g/mol. The van der Waals surface area contributed by atoms with Gasteiger partial charge in [0.05, 0.1) is 24.7 Å². The van der Waals surface area contributed by atoms with Crippen molar-refractivity contribution in [3.8, 4) is 5.75 Å². The van der Waals surface area contributed by atoms with Crippen LogP contribution in [0.25, 0.3) is 0 Å². The number of hydrogen-bond donors (Lipinski definition) is 2. The lowest BCUT2D eigenvalue weighted by molar-refractivity contribution is -0.385. The Morgan fingerprint density at radius 2 is 1.96 bits per heavy atom. The third-order valence-corrected chi connectivity index (χ3v) is 5.29. The Morgan fingerprint density at radius 3 is 2.59 bits per heavy atom. The highest BCUT2D eigenvalue weighted by atomic mass is 79.9. The molecule has 0 saturated carbocycles. The van der Waals surface area contributed by atoms with Gasteiger partial charge in [-0.1, -0.05) is 41.1 Å². The van der Waals surface area contributed by atoms with Gasteiger partial charge in [-0.3, -0.25) is 10.1 Å². The first-order valence-electron chi connectivity index (χ1n) is 8.80. The number of nitrogens with zero attached hydrogens (tertiary/aromatic N) is 1. The van der Waals surface area contributed by atoms with Gasteiger partial charge in [0.25, 0.3) is 5.69 Å². The fraction of sp³-hybridized carbons (Fsp3) is 0.400. The third kappa shape index (κ3) is 5.51. The number of ether oxygens (including phenoxy) is 1. The van der Waals surface area contributed by atoms with Crippen LogP contribution >= 0.6 is 15.9 Å². The van der Waals surface area contributed by atoms with Crippen LogP contribution in [0, 0.1) is 16.0 Å². The van der Waals surface area contributed by atoms with Gasteiger partial charge < -0.3 is 15.2 Å². The van der Waals surface area contributed by atoms with Crippen LogP contribution in [-0.4, -0.2) is 29.8 Å². The second-order valence-corrected chi connectivity index (χ2v) is 7.56. The van der Waals surface area contributed by atoms with Gasteiger partial charge in [-0.25, -0.2) is 0 Å². The van der Waals surface area contributed by atoms with Crippen molar-refractivity contribution in [3.05, 3.63) is 68.2 Å². The summed E-state index contributed by atoms with van der Waals surface area (Å²) in [5.74, 6) is 0.821. The number of nitro groups is 1. The van der Waals surface area contributed by atoms with Gasteiger partial charge in [0, 0.05) is 27.7 Å². The standard InChI is InChI=1S/C20H25BrN2O4/c1-13(10-15-6-4-5-7-19(15)23(25)26)14(2)22-18(12-24)17-11-16(21)8-9-20(17)27-3/h4-9,11,13-14,18,22,24H,10,12H2,1-3H3/t13-,14+,18+/m1/s1. The molecular weight excluding hydrogens is 412 g/mol. The van der Waals surface area contributed by atoms with Crippen LogP contribution in [0.3, 0.4) is 0 Å². The van der Waals surface area contributed by atoms with E-state index in [1.807, 2.05) is 38.1 Å². The van der Waals surface area contributed by atoms with Gasteiger partial charge in [-0.05, 0) is 37.5 Å². The molecule has 7 heteroatoms.